The van der Waals surface area contributed by atoms with Crippen molar-refractivity contribution in [3.05, 3.63) is 76.2 Å². The van der Waals surface area contributed by atoms with Crippen LogP contribution in [0.5, 0.6) is 5.75 Å². The van der Waals surface area contributed by atoms with E-state index in [-0.39, 0.29) is 72.2 Å². The van der Waals surface area contributed by atoms with Crippen LogP contribution >= 0.6 is 0 Å². The molecule has 7 amide bonds. The summed E-state index contributed by atoms with van der Waals surface area (Å²) < 4.78 is 36.7. The van der Waals surface area contributed by atoms with Crippen LogP contribution in [0.4, 0.5) is 19.3 Å². The van der Waals surface area contributed by atoms with Gasteiger partial charge in [-0.05, 0) is 86.8 Å². The van der Waals surface area contributed by atoms with Crippen LogP contribution < -0.4 is 25.6 Å². The first kappa shape index (κ1) is 44.9. The zero-order valence-corrected chi connectivity index (χ0v) is 36.6. The molecule has 0 saturated carbocycles. The molecule has 19 heteroatoms. The maximum Gasteiger partial charge on any atom is 0.317 e. The van der Waals surface area contributed by atoms with Gasteiger partial charge in [0, 0.05) is 99.9 Å². The Morgan fingerprint density at radius 2 is 1.75 bits per heavy atom. The number of urea groups is 1. The molecule has 0 spiro atoms. The van der Waals surface area contributed by atoms with Crippen LogP contribution in [0.2, 0.25) is 0 Å². The molecule has 0 aliphatic carbocycles. The van der Waals surface area contributed by atoms with E-state index in [9.17, 15) is 43.0 Å². The van der Waals surface area contributed by atoms with Gasteiger partial charge in [0.25, 0.3) is 18.2 Å². The van der Waals surface area contributed by atoms with Gasteiger partial charge in [-0.25, -0.2) is 13.6 Å². The number of anilines is 1. The molecule has 5 aliphatic heterocycles. The average molecular weight is 897 g/mol. The minimum absolute atomic E-state index is 0.0272. The number of ether oxygens (including phenoxy) is 1. The summed E-state index contributed by atoms with van der Waals surface area (Å²) in [6, 6.07) is 6.75. The zero-order valence-electron chi connectivity index (χ0n) is 36.6. The molecule has 2 fully saturated rings. The summed E-state index contributed by atoms with van der Waals surface area (Å²) in [4.78, 5) is 82.9. The topological polar surface area (TPSA) is 202 Å². The number of amidine groups is 1. The molecule has 3 aromatic rings. The highest BCUT2D eigenvalue weighted by Crippen LogP contribution is 2.40. The molecule has 2 saturated heterocycles. The number of hydrogen-bond donors (Lipinski definition) is 4. The molecule has 5 aliphatic rings. The number of rotatable bonds is 13. The number of likely N-dealkylation sites (tertiary alicyclic amines) is 1. The number of benzene rings is 2. The second-order valence-corrected chi connectivity index (χ2v) is 17.1. The van der Waals surface area contributed by atoms with Gasteiger partial charge in [0.1, 0.15) is 17.6 Å². The zero-order chi connectivity index (χ0) is 45.9. The maximum atomic E-state index is 14.6. The average Bonchev–Trinajstić information content (AvgIpc) is 3.85. The summed E-state index contributed by atoms with van der Waals surface area (Å²) in [6.45, 7) is 2.46. The van der Waals surface area contributed by atoms with Crippen molar-refractivity contribution in [1.82, 2.24) is 40.4 Å². The van der Waals surface area contributed by atoms with Gasteiger partial charge in [0.05, 0.1) is 30.5 Å². The van der Waals surface area contributed by atoms with E-state index in [1.807, 2.05) is 4.90 Å². The molecule has 1 unspecified atom stereocenters. The monoisotopic (exact) mass is 896 g/mol. The van der Waals surface area contributed by atoms with Gasteiger partial charge in [-0.15, -0.1) is 0 Å². The molecule has 2 aromatic carbocycles. The van der Waals surface area contributed by atoms with Crippen LogP contribution in [0.1, 0.15) is 102 Å². The van der Waals surface area contributed by atoms with Gasteiger partial charge in [-0.1, -0.05) is 6.07 Å². The summed E-state index contributed by atoms with van der Waals surface area (Å²) in [7, 11) is 3.30. The normalized spacial score (nSPS) is 19.1. The van der Waals surface area contributed by atoms with Crippen molar-refractivity contribution in [1.29, 1.82) is 5.41 Å². The number of amides is 7. The van der Waals surface area contributed by atoms with Gasteiger partial charge in [-0.3, -0.25) is 44.3 Å². The Bertz CT molecular complexity index is 2440. The van der Waals surface area contributed by atoms with Crippen LogP contribution in [0.3, 0.4) is 0 Å². The first-order valence-electron chi connectivity index (χ1n) is 22.3. The molecule has 65 heavy (non-hydrogen) atoms. The number of imide groups is 2. The summed E-state index contributed by atoms with van der Waals surface area (Å²) in [5.74, 6) is -1.87. The van der Waals surface area contributed by atoms with Crippen molar-refractivity contribution in [2.24, 2.45) is 7.05 Å². The first-order valence-corrected chi connectivity index (χ1v) is 22.3. The molecule has 17 nitrogen and oxygen atoms in total. The van der Waals surface area contributed by atoms with E-state index < -0.39 is 36.1 Å². The van der Waals surface area contributed by atoms with Crippen molar-refractivity contribution in [2.45, 2.75) is 89.1 Å². The van der Waals surface area contributed by atoms with Crippen LogP contribution in [-0.2, 0) is 27.9 Å². The molecule has 1 atom stereocenters. The lowest BCUT2D eigenvalue weighted by atomic mass is 9.92. The number of hydrogen-bond acceptors (Lipinski definition) is 10. The summed E-state index contributed by atoms with van der Waals surface area (Å²) in [5, 5.41) is 22.3. The number of carbonyl (C=O) groups excluding carboxylic acids is 6. The molecular weight excluding hydrogens is 843 g/mol. The molecule has 0 bridgehead atoms. The van der Waals surface area contributed by atoms with E-state index in [1.165, 1.54) is 12.1 Å². The number of piperidine rings is 2. The number of aromatic nitrogens is 2. The molecular formula is C46H54F2N10O7. The highest BCUT2D eigenvalue weighted by molar-refractivity contribution is 6.24. The molecule has 1 aromatic heterocycles. The number of alkyl halides is 2. The Kier molecular flexibility index (Phi) is 13.3. The van der Waals surface area contributed by atoms with Crippen LogP contribution in [0.25, 0.3) is 11.1 Å². The van der Waals surface area contributed by atoms with Crippen molar-refractivity contribution < 1.29 is 42.3 Å². The quantitative estimate of drug-likeness (QED) is 0.0809. The Hall–Kier alpha value is -6.66. The fraction of sp³-hybridized carbons (Fsp3) is 0.478. The van der Waals surface area contributed by atoms with Crippen molar-refractivity contribution in [2.75, 3.05) is 51.3 Å². The Morgan fingerprint density at radius 1 is 0.954 bits per heavy atom. The molecule has 6 heterocycles. The fourth-order valence-electron chi connectivity index (χ4n) is 9.53. The molecule has 8 rings (SSSR count). The van der Waals surface area contributed by atoms with Crippen LogP contribution in [-0.4, -0.2) is 124 Å². The second kappa shape index (κ2) is 19.2. The highest BCUT2D eigenvalue weighted by atomic mass is 19.3. The summed E-state index contributed by atoms with van der Waals surface area (Å²) in [5.41, 5.74) is 4.08. The van der Waals surface area contributed by atoms with E-state index in [2.05, 4.69) is 21.0 Å². The largest absolute Gasteiger partial charge is 0.493 e. The van der Waals surface area contributed by atoms with Gasteiger partial charge < -0.3 is 30.1 Å². The number of unbranched alkanes of at least 4 members (excludes halogenated alkanes) is 2. The second-order valence-electron chi connectivity index (χ2n) is 17.1. The lowest BCUT2D eigenvalue weighted by Crippen LogP contribution is -2.54. The van der Waals surface area contributed by atoms with E-state index in [4.69, 9.17) is 4.74 Å². The predicted molar refractivity (Wildman–Crippen MR) is 234 cm³/mol. The number of nitrogens with zero attached hydrogens (tertiary/aromatic N) is 6. The minimum Gasteiger partial charge on any atom is -0.493 e. The van der Waals surface area contributed by atoms with Crippen molar-refractivity contribution in [3.8, 4) is 16.9 Å². The number of nitrogens with one attached hydrogen (secondary N) is 4. The minimum atomic E-state index is -2.74. The third-order valence-electron chi connectivity index (χ3n) is 13.0. The summed E-state index contributed by atoms with van der Waals surface area (Å²) >= 11 is 0. The van der Waals surface area contributed by atoms with Crippen LogP contribution in [0, 0.1) is 5.41 Å². The maximum absolute atomic E-state index is 14.6. The van der Waals surface area contributed by atoms with E-state index >= 15 is 0 Å². The Labute approximate surface area is 375 Å². The summed E-state index contributed by atoms with van der Waals surface area (Å²) in [6.07, 6.45) is 6.21. The number of halogens is 2. The number of fused-ring (bicyclic) bond motifs is 2. The van der Waals surface area contributed by atoms with E-state index in [1.54, 1.807) is 59.2 Å². The molecule has 4 N–H and O–H groups in total. The lowest BCUT2D eigenvalue weighted by Gasteiger charge is -2.39. The van der Waals surface area contributed by atoms with Crippen molar-refractivity contribution >= 4 is 47.1 Å². The molecule has 344 valence electrons. The highest BCUT2D eigenvalue weighted by Gasteiger charge is 2.46. The standard InChI is InChI=1S/C46H54F2N10O7/c1-50-46(64)56-20-16-34(33(26-56)42(49)57-17-7-8-27-22-31(28-24-51-54(2)25-28)32(41(47)48)23-36(27)57)52-29-14-18-55(19-15-29)39(60)11-4-3-5-21-65-37-10-6-9-30-40(37)45(63)58(44(30)62)35-12-13-38(59)53-43(35)61/h6,9-10,22-25,29,35,41,49,52H,3-5,7-8,11-21,26H2,1-2H3,(H,50,64)(H,53,59,61). The Balaban J connectivity index is 0.844. The third kappa shape index (κ3) is 9.31. The van der Waals surface area contributed by atoms with Gasteiger partial charge in [0.15, 0.2) is 0 Å². The van der Waals surface area contributed by atoms with Gasteiger partial charge in [0.2, 0.25) is 17.7 Å². The van der Waals surface area contributed by atoms with Crippen LogP contribution in [0.15, 0.2) is 54.0 Å². The van der Waals surface area contributed by atoms with Crippen molar-refractivity contribution in [3.63, 3.8) is 0 Å². The number of aryl methyl sites for hydroxylation is 2. The van der Waals surface area contributed by atoms with Gasteiger partial charge >= 0.3 is 6.03 Å². The fourth-order valence-corrected chi connectivity index (χ4v) is 9.53. The third-order valence-corrected chi connectivity index (χ3v) is 13.0. The predicted octanol–water partition coefficient (Wildman–Crippen LogP) is 4.67. The number of carbonyl (C=O) groups is 6. The van der Waals surface area contributed by atoms with Gasteiger partial charge in [-0.2, -0.15) is 5.10 Å². The molecule has 0 radical (unpaired) electrons. The smallest absolute Gasteiger partial charge is 0.317 e. The SMILES string of the molecule is CNC(=O)N1CCC(NC2CCN(C(=O)CCCCCOc3cccc4c3C(=O)N(C3CCC(=O)NC3=O)C4=O)CC2)=C(C(=N)N2CCCc3cc(-c4cnn(C)c4)c(C(F)F)cc32)C1. The first-order chi connectivity index (χ1) is 31.3. The van der Waals surface area contributed by atoms with E-state index in [0.29, 0.717) is 99.9 Å². The lowest BCUT2D eigenvalue weighted by molar-refractivity contribution is -0.136. The Morgan fingerprint density at radius 3 is 2.48 bits per heavy atom. The van der Waals surface area contributed by atoms with E-state index in [0.717, 1.165) is 22.6 Å².